The van der Waals surface area contributed by atoms with Crippen LogP contribution in [0.25, 0.3) is 16.8 Å². The average molecular weight is 558 g/mol. The SMILES string of the molecule is Cc1ccc(NC(=O)/C(C#N)=C/c2ccc(OCc3cccc4ccccc34)c(I)c2)cc1C. The maximum absolute atomic E-state index is 12.6. The molecule has 0 saturated carbocycles. The number of hydrogen-bond donors (Lipinski definition) is 1. The number of nitriles is 1. The molecule has 4 rings (SSSR count). The third-order valence-corrected chi connectivity index (χ3v) is 6.50. The molecule has 4 aromatic rings. The number of carbonyl (C=O) groups excluding carboxylic acids is 1. The third-order valence-electron chi connectivity index (χ3n) is 5.66. The molecular formula is C29H23IN2O2. The molecule has 4 nitrogen and oxygen atoms in total. The smallest absolute Gasteiger partial charge is 0.266 e. The molecule has 0 unspecified atom stereocenters. The van der Waals surface area contributed by atoms with E-state index in [-0.39, 0.29) is 5.57 Å². The lowest BCUT2D eigenvalue weighted by Gasteiger charge is -2.11. The van der Waals surface area contributed by atoms with Crippen molar-refractivity contribution in [1.82, 2.24) is 0 Å². The van der Waals surface area contributed by atoms with E-state index in [0.717, 1.165) is 31.6 Å². The van der Waals surface area contributed by atoms with Crippen LogP contribution in [0.3, 0.4) is 0 Å². The first-order valence-corrected chi connectivity index (χ1v) is 11.9. The van der Waals surface area contributed by atoms with Gasteiger partial charge < -0.3 is 10.1 Å². The highest BCUT2D eigenvalue weighted by Gasteiger charge is 2.11. The Kier molecular flexibility index (Phi) is 7.29. The number of benzene rings is 4. The Morgan fingerprint density at radius 1 is 1.00 bits per heavy atom. The van der Waals surface area contributed by atoms with E-state index in [4.69, 9.17) is 4.74 Å². The highest BCUT2D eigenvalue weighted by molar-refractivity contribution is 14.1. The van der Waals surface area contributed by atoms with Crippen LogP contribution in [0.5, 0.6) is 5.75 Å². The molecule has 4 aromatic carbocycles. The highest BCUT2D eigenvalue weighted by Crippen LogP contribution is 2.26. The topological polar surface area (TPSA) is 62.1 Å². The number of nitrogens with zero attached hydrogens (tertiary/aromatic N) is 1. The monoisotopic (exact) mass is 558 g/mol. The zero-order valence-electron chi connectivity index (χ0n) is 18.9. The van der Waals surface area contributed by atoms with E-state index in [9.17, 15) is 10.1 Å². The Morgan fingerprint density at radius 3 is 2.56 bits per heavy atom. The van der Waals surface area contributed by atoms with Gasteiger partial charge >= 0.3 is 0 Å². The summed E-state index contributed by atoms with van der Waals surface area (Å²) in [5, 5.41) is 14.7. The molecule has 0 fully saturated rings. The van der Waals surface area contributed by atoms with Gasteiger partial charge in [-0.05, 0) is 99.8 Å². The molecule has 1 N–H and O–H groups in total. The first-order chi connectivity index (χ1) is 16.4. The van der Waals surface area contributed by atoms with E-state index < -0.39 is 5.91 Å². The number of ether oxygens (including phenoxy) is 1. The van der Waals surface area contributed by atoms with Gasteiger partial charge in [0.15, 0.2) is 0 Å². The molecule has 0 atom stereocenters. The second kappa shape index (κ2) is 10.5. The second-order valence-electron chi connectivity index (χ2n) is 8.04. The van der Waals surface area contributed by atoms with Crippen molar-refractivity contribution in [3.8, 4) is 11.8 Å². The molecule has 1 amide bonds. The molecule has 0 aliphatic rings. The molecule has 0 radical (unpaired) electrons. The molecule has 168 valence electrons. The number of rotatable bonds is 6. The minimum Gasteiger partial charge on any atom is -0.488 e. The van der Waals surface area contributed by atoms with Crippen LogP contribution in [-0.4, -0.2) is 5.91 Å². The summed E-state index contributed by atoms with van der Waals surface area (Å²) in [4.78, 5) is 12.6. The zero-order valence-corrected chi connectivity index (χ0v) is 21.1. The predicted molar refractivity (Wildman–Crippen MR) is 146 cm³/mol. The van der Waals surface area contributed by atoms with E-state index in [1.54, 1.807) is 6.08 Å². The van der Waals surface area contributed by atoms with Gasteiger partial charge in [-0.1, -0.05) is 54.6 Å². The maximum Gasteiger partial charge on any atom is 0.266 e. The number of nitrogens with one attached hydrogen (secondary N) is 1. The quantitative estimate of drug-likeness (QED) is 0.155. The van der Waals surface area contributed by atoms with E-state index in [1.807, 2.05) is 74.5 Å². The Hall–Kier alpha value is -3.63. The second-order valence-corrected chi connectivity index (χ2v) is 9.20. The normalized spacial score (nSPS) is 11.2. The summed E-state index contributed by atoms with van der Waals surface area (Å²) in [6, 6.07) is 27.7. The van der Waals surface area contributed by atoms with Gasteiger partial charge in [0.1, 0.15) is 24.0 Å². The largest absolute Gasteiger partial charge is 0.488 e. The standard InChI is InChI=1S/C29H23IN2O2/c1-19-10-12-25(14-20(19)2)32-29(33)24(17-31)15-21-11-13-28(27(30)16-21)34-18-23-8-5-7-22-6-3-4-9-26(22)23/h3-16H,18H2,1-2H3,(H,32,33)/b24-15+. The van der Waals surface area contributed by atoms with E-state index in [2.05, 4.69) is 52.2 Å². The minimum absolute atomic E-state index is 0.0402. The van der Waals surface area contributed by atoms with Crippen LogP contribution in [-0.2, 0) is 11.4 Å². The Balaban J connectivity index is 1.48. The predicted octanol–water partition coefficient (Wildman–Crippen LogP) is 7.19. The third kappa shape index (κ3) is 5.46. The fraction of sp³-hybridized carbons (Fsp3) is 0.103. The molecule has 0 saturated heterocycles. The molecule has 34 heavy (non-hydrogen) atoms. The van der Waals surface area contributed by atoms with E-state index >= 15 is 0 Å². The number of aryl methyl sites for hydroxylation is 2. The van der Waals surface area contributed by atoms with E-state index in [1.165, 1.54) is 10.8 Å². The van der Waals surface area contributed by atoms with Crippen LogP contribution in [0.15, 0.2) is 84.4 Å². The number of carbonyl (C=O) groups is 1. The van der Waals surface area contributed by atoms with Crippen molar-refractivity contribution < 1.29 is 9.53 Å². The Labute approximate surface area is 213 Å². The summed E-state index contributed by atoms with van der Waals surface area (Å²) in [5.41, 5.74) is 4.81. The van der Waals surface area contributed by atoms with Gasteiger partial charge in [0.05, 0.1) is 3.57 Å². The molecule has 0 bridgehead atoms. The van der Waals surface area contributed by atoms with Gasteiger partial charge in [-0.3, -0.25) is 4.79 Å². The van der Waals surface area contributed by atoms with Crippen LogP contribution in [0.1, 0.15) is 22.3 Å². The summed E-state index contributed by atoms with van der Waals surface area (Å²) in [6.07, 6.45) is 1.59. The number of hydrogen-bond acceptors (Lipinski definition) is 3. The number of amides is 1. The summed E-state index contributed by atoms with van der Waals surface area (Å²) in [5.74, 6) is 0.320. The minimum atomic E-state index is -0.433. The highest BCUT2D eigenvalue weighted by atomic mass is 127. The fourth-order valence-corrected chi connectivity index (χ4v) is 4.33. The first-order valence-electron chi connectivity index (χ1n) is 10.8. The maximum atomic E-state index is 12.6. The summed E-state index contributed by atoms with van der Waals surface area (Å²) in [6.45, 7) is 4.45. The Bertz CT molecular complexity index is 1450. The summed E-state index contributed by atoms with van der Waals surface area (Å²) in [7, 11) is 0. The molecule has 0 spiro atoms. The van der Waals surface area contributed by atoms with Crippen LogP contribution >= 0.6 is 22.6 Å². The van der Waals surface area contributed by atoms with E-state index in [0.29, 0.717) is 12.3 Å². The van der Waals surface area contributed by atoms with Crippen molar-refractivity contribution in [2.45, 2.75) is 20.5 Å². The summed E-state index contributed by atoms with van der Waals surface area (Å²) < 4.78 is 6.99. The lowest BCUT2D eigenvalue weighted by Crippen LogP contribution is -2.13. The summed E-state index contributed by atoms with van der Waals surface area (Å²) >= 11 is 2.21. The van der Waals surface area contributed by atoms with Gasteiger partial charge in [-0.2, -0.15) is 5.26 Å². The van der Waals surface area contributed by atoms with Crippen molar-refractivity contribution in [3.63, 3.8) is 0 Å². The fourth-order valence-electron chi connectivity index (χ4n) is 3.63. The first kappa shape index (κ1) is 23.5. The van der Waals surface area contributed by atoms with Gasteiger partial charge in [0.25, 0.3) is 5.91 Å². The van der Waals surface area contributed by atoms with Crippen LogP contribution < -0.4 is 10.1 Å². The van der Waals surface area contributed by atoms with Crippen molar-refractivity contribution in [1.29, 1.82) is 5.26 Å². The lowest BCUT2D eigenvalue weighted by molar-refractivity contribution is -0.112. The molecule has 5 heteroatoms. The molecule has 0 heterocycles. The molecule has 0 aliphatic heterocycles. The van der Waals surface area contributed by atoms with Gasteiger partial charge in [-0.25, -0.2) is 0 Å². The molecular weight excluding hydrogens is 535 g/mol. The lowest BCUT2D eigenvalue weighted by atomic mass is 10.1. The van der Waals surface area contributed by atoms with Gasteiger partial charge in [0.2, 0.25) is 0 Å². The zero-order chi connectivity index (χ0) is 24.1. The molecule has 0 aromatic heterocycles. The number of fused-ring (bicyclic) bond motifs is 1. The van der Waals surface area contributed by atoms with Gasteiger partial charge in [-0.15, -0.1) is 0 Å². The van der Waals surface area contributed by atoms with Crippen molar-refractivity contribution in [3.05, 3.63) is 110 Å². The van der Waals surface area contributed by atoms with Crippen molar-refractivity contribution in [2.75, 3.05) is 5.32 Å². The van der Waals surface area contributed by atoms with Crippen LogP contribution in [0.4, 0.5) is 5.69 Å². The van der Waals surface area contributed by atoms with Crippen molar-refractivity contribution >= 4 is 51.0 Å². The Morgan fingerprint density at radius 2 is 1.79 bits per heavy atom. The van der Waals surface area contributed by atoms with Crippen LogP contribution in [0, 0.1) is 28.7 Å². The number of anilines is 1. The van der Waals surface area contributed by atoms with Crippen molar-refractivity contribution in [2.24, 2.45) is 0 Å². The van der Waals surface area contributed by atoms with Gasteiger partial charge in [0, 0.05) is 5.69 Å². The average Bonchev–Trinajstić information content (AvgIpc) is 2.84. The van der Waals surface area contributed by atoms with Crippen LogP contribution in [0.2, 0.25) is 0 Å². The number of halogens is 1. The molecule has 0 aliphatic carbocycles.